The van der Waals surface area contributed by atoms with E-state index in [1.807, 2.05) is 0 Å². The van der Waals surface area contributed by atoms with Gasteiger partial charge in [-0.25, -0.2) is 18.4 Å². The fourth-order valence-electron chi connectivity index (χ4n) is 1.00. The van der Waals surface area contributed by atoms with E-state index in [0.717, 1.165) is 0 Å². The van der Waals surface area contributed by atoms with Crippen molar-refractivity contribution < 1.29 is 13.2 Å². The molecule has 2 amide bonds. The van der Waals surface area contributed by atoms with Gasteiger partial charge in [0.1, 0.15) is 4.90 Å². The highest BCUT2D eigenvalue weighted by molar-refractivity contribution is 7.89. The van der Waals surface area contributed by atoms with Gasteiger partial charge in [0.2, 0.25) is 10.0 Å². The van der Waals surface area contributed by atoms with Crippen molar-refractivity contribution in [2.24, 2.45) is 5.14 Å². The maximum Gasteiger partial charge on any atom is 0.319 e. The first-order valence-corrected chi connectivity index (χ1v) is 5.60. The standard InChI is InChI=1S/C8H11N3O3S/c1-10-8(12)11-6-4-2-3-5-7(6)15(9,13)14/h2-5H,1H3,(H2,9,13,14)(H2,10,11,12). The van der Waals surface area contributed by atoms with Crippen molar-refractivity contribution in [3.8, 4) is 0 Å². The third kappa shape index (κ3) is 2.93. The van der Waals surface area contributed by atoms with Crippen molar-refractivity contribution in [1.82, 2.24) is 5.32 Å². The van der Waals surface area contributed by atoms with Gasteiger partial charge in [0, 0.05) is 7.05 Å². The molecule has 82 valence electrons. The highest BCUT2D eigenvalue weighted by Crippen LogP contribution is 2.18. The SMILES string of the molecule is CNC(=O)Nc1ccccc1S(N)(=O)=O. The molecule has 1 aromatic rings. The van der Waals surface area contributed by atoms with E-state index in [4.69, 9.17) is 5.14 Å². The second-order valence-electron chi connectivity index (χ2n) is 2.75. The zero-order valence-electron chi connectivity index (χ0n) is 8.02. The summed E-state index contributed by atoms with van der Waals surface area (Å²) in [6, 6.07) is 5.38. The van der Waals surface area contributed by atoms with Crippen molar-refractivity contribution in [2.75, 3.05) is 12.4 Å². The molecular weight excluding hydrogens is 218 g/mol. The molecular formula is C8H11N3O3S. The Labute approximate surface area is 87.5 Å². The van der Waals surface area contributed by atoms with Crippen molar-refractivity contribution in [3.05, 3.63) is 24.3 Å². The van der Waals surface area contributed by atoms with Crippen LogP contribution < -0.4 is 15.8 Å². The second kappa shape index (κ2) is 4.28. The molecule has 0 saturated heterocycles. The quantitative estimate of drug-likeness (QED) is 0.669. The number of rotatable bonds is 2. The molecule has 1 rings (SSSR count). The number of nitrogens with two attached hydrogens (primary N) is 1. The van der Waals surface area contributed by atoms with Crippen LogP contribution in [0.3, 0.4) is 0 Å². The fraction of sp³-hybridized carbons (Fsp3) is 0.125. The maximum atomic E-state index is 11.1. The summed E-state index contributed by atoms with van der Waals surface area (Å²) >= 11 is 0. The molecule has 0 saturated carbocycles. The van der Waals surface area contributed by atoms with Gasteiger partial charge in [0.25, 0.3) is 0 Å². The van der Waals surface area contributed by atoms with Gasteiger partial charge in [-0.15, -0.1) is 0 Å². The lowest BCUT2D eigenvalue weighted by Crippen LogP contribution is -2.26. The second-order valence-corrected chi connectivity index (χ2v) is 4.28. The van der Waals surface area contributed by atoms with Gasteiger partial charge in [0.15, 0.2) is 0 Å². The number of carbonyl (C=O) groups is 1. The highest BCUT2D eigenvalue weighted by atomic mass is 32.2. The van der Waals surface area contributed by atoms with E-state index in [1.165, 1.54) is 25.2 Å². The summed E-state index contributed by atoms with van der Waals surface area (Å²) in [5.74, 6) is 0. The number of anilines is 1. The minimum absolute atomic E-state index is 0.117. The minimum atomic E-state index is -3.83. The van der Waals surface area contributed by atoms with E-state index >= 15 is 0 Å². The molecule has 7 heteroatoms. The molecule has 0 unspecified atom stereocenters. The summed E-state index contributed by atoms with van der Waals surface area (Å²) in [7, 11) is -2.40. The predicted octanol–water partition coefficient (Wildman–Crippen LogP) is 0.0853. The monoisotopic (exact) mass is 229 g/mol. The van der Waals surface area contributed by atoms with E-state index < -0.39 is 16.1 Å². The van der Waals surface area contributed by atoms with Gasteiger partial charge in [-0.2, -0.15) is 0 Å². The van der Waals surface area contributed by atoms with E-state index in [1.54, 1.807) is 6.07 Å². The molecule has 0 spiro atoms. The van der Waals surface area contributed by atoms with E-state index in [2.05, 4.69) is 10.6 Å². The van der Waals surface area contributed by atoms with Gasteiger partial charge in [-0.3, -0.25) is 0 Å². The maximum absolute atomic E-state index is 11.1. The van der Waals surface area contributed by atoms with Gasteiger partial charge in [0.05, 0.1) is 5.69 Å². The molecule has 4 N–H and O–H groups in total. The number of urea groups is 1. The molecule has 0 bridgehead atoms. The molecule has 0 aliphatic rings. The molecule has 0 atom stereocenters. The van der Waals surface area contributed by atoms with Gasteiger partial charge < -0.3 is 10.6 Å². The van der Waals surface area contributed by atoms with E-state index in [0.29, 0.717) is 0 Å². The smallest absolute Gasteiger partial charge is 0.319 e. The van der Waals surface area contributed by atoms with Crippen molar-refractivity contribution >= 4 is 21.7 Å². The molecule has 1 aromatic carbocycles. The number of sulfonamides is 1. The van der Waals surface area contributed by atoms with E-state index in [-0.39, 0.29) is 10.6 Å². The Morgan fingerprint density at radius 2 is 1.93 bits per heavy atom. The number of benzene rings is 1. The molecule has 0 heterocycles. The largest absolute Gasteiger partial charge is 0.341 e. The summed E-state index contributed by atoms with van der Waals surface area (Å²) < 4.78 is 22.3. The fourth-order valence-corrected chi connectivity index (χ4v) is 1.70. The van der Waals surface area contributed by atoms with Crippen LogP contribution in [-0.4, -0.2) is 21.5 Å². The number of hydrogen-bond acceptors (Lipinski definition) is 3. The van der Waals surface area contributed by atoms with Crippen molar-refractivity contribution in [3.63, 3.8) is 0 Å². The Balaban J connectivity index is 3.13. The normalized spacial score (nSPS) is 10.8. The Morgan fingerprint density at radius 1 is 1.33 bits per heavy atom. The Bertz CT molecular complexity index is 470. The molecule has 6 nitrogen and oxygen atoms in total. The number of carbonyl (C=O) groups excluding carboxylic acids is 1. The lowest BCUT2D eigenvalue weighted by Gasteiger charge is -2.08. The third-order valence-electron chi connectivity index (χ3n) is 1.67. The van der Waals surface area contributed by atoms with Crippen LogP contribution in [0.2, 0.25) is 0 Å². The van der Waals surface area contributed by atoms with Crippen LogP contribution in [0.5, 0.6) is 0 Å². The average Bonchev–Trinajstić information content (AvgIpc) is 2.17. The summed E-state index contributed by atoms with van der Waals surface area (Å²) in [5.41, 5.74) is 0.152. The lowest BCUT2D eigenvalue weighted by atomic mass is 10.3. The van der Waals surface area contributed by atoms with Crippen LogP contribution in [-0.2, 0) is 10.0 Å². The first-order valence-electron chi connectivity index (χ1n) is 4.05. The van der Waals surface area contributed by atoms with Crippen LogP contribution in [0.1, 0.15) is 0 Å². The lowest BCUT2D eigenvalue weighted by molar-refractivity contribution is 0.254. The van der Waals surface area contributed by atoms with Crippen LogP contribution >= 0.6 is 0 Å². The topological polar surface area (TPSA) is 101 Å². The predicted molar refractivity (Wildman–Crippen MR) is 55.9 cm³/mol. The summed E-state index contributed by atoms with van der Waals surface area (Å²) in [6.07, 6.45) is 0. The van der Waals surface area contributed by atoms with Crippen LogP contribution in [0.4, 0.5) is 10.5 Å². The van der Waals surface area contributed by atoms with E-state index in [9.17, 15) is 13.2 Å². The van der Waals surface area contributed by atoms with Crippen LogP contribution in [0, 0.1) is 0 Å². The van der Waals surface area contributed by atoms with Crippen molar-refractivity contribution in [1.29, 1.82) is 0 Å². The summed E-state index contributed by atoms with van der Waals surface area (Å²) in [5, 5.41) is 9.64. The summed E-state index contributed by atoms with van der Waals surface area (Å²) in [4.78, 5) is 10.9. The molecule has 0 aromatic heterocycles. The molecule has 15 heavy (non-hydrogen) atoms. The molecule has 0 aliphatic carbocycles. The number of amides is 2. The van der Waals surface area contributed by atoms with Crippen molar-refractivity contribution in [2.45, 2.75) is 4.90 Å². The Morgan fingerprint density at radius 3 is 2.47 bits per heavy atom. The Hall–Kier alpha value is -1.60. The molecule has 0 radical (unpaired) electrons. The number of para-hydroxylation sites is 1. The first kappa shape index (κ1) is 11.5. The van der Waals surface area contributed by atoms with Gasteiger partial charge in [-0.1, -0.05) is 12.1 Å². The number of nitrogens with one attached hydrogen (secondary N) is 2. The first-order chi connectivity index (χ1) is 6.95. The zero-order chi connectivity index (χ0) is 11.5. The highest BCUT2D eigenvalue weighted by Gasteiger charge is 2.14. The number of hydrogen-bond donors (Lipinski definition) is 3. The van der Waals surface area contributed by atoms with Gasteiger partial charge >= 0.3 is 6.03 Å². The average molecular weight is 229 g/mol. The molecule has 0 fully saturated rings. The molecule has 0 aliphatic heterocycles. The van der Waals surface area contributed by atoms with Gasteiger partial charge in [-0.05, 0) is 12.1 Å². The Kier molecular flexibility index (Phi) is 3.28. The summed E-state index contributed by atoms with van der Waals surface area (Å²) in [6.45, 7) is 0. The number of primary sulfonamides is 1. The zero-order valence-corrected chi connectivity index (χ0v) is 8.84. The minimum Gasteiger partial charge on any atom is -0.341 e. The van der Waals surface area contributed by atoms with Crippen LogP contribution in [0.15, 0.2) is 29.2 Å². The third-order valence-corrected chi connectivity index (χ3v) is 2.64. The van der Waals surface area contributed by atoms with Crippen LogP contribution in [0.25, 0.3) is 0 Å².